The first kappa shape index (κ1) is 9.84. The average Bonchev–Trinajstić information content (AvgIpc) is 1.36. The Morgan fingerprint density at radius 2 is 1.57 bits per heavy atom. The Morgan fingerprint density at radius 3 is 1.57 bits per heavy atom. The van der Waals surface area contributed by atoms with Gasteiger partial charge in [-0.2, -0.15) is 0 Å². The Morgan fingerprint density at radius 1 is 1.43 bits per heavy atom. The number of carbonyl (C=O) groups is 2. The van der Waals surface area contributed by atoms with E-state index in [1.165, 1.54) is 0 Å². The predicted molar refractivity (Wildman–Crippen MR) is 14.2 cm³/mol. The molecule has 0 bridgehead atoms. The van der Waals surface area contributed by atoms with E-state index in [1.807, 2.05) is 0 Å². The smallest absolute Gasteiger partial charge is 0.540 e. The third-order valence-electron chi connectivity index (χ3n) is 0.201. The SMILES string of the molecule is NC(=O)C(=O)[O-].[Ag+]. The molecule has 0 rings (SSSR count). The molecule has 0 radical (unpaired) electrons. The summed E-state index contributed by atoms with van der Waals surface area (Å²) in [4.78, 5) is 18.4. The van der Waals surface area contributed by atoms with E-state index in [-0.39, 0.29) is 22.4 Å². The van der Waals surface area contributed by atoms with E-state index in [0.29, 0.717) is 0 Å². The summed E-state index contributed by atoms with van der Waals surface area (Å²) in [6.07, 6.45) is 0. The van der Waals surface area contributed by atoms with Crippen LogP contribution in [0.5, 0.6) is 0 Å². The molecular formula is C2H2AgNO3. The molecule has 0 aromatic carbocycles. The van der Waals surface area contributed by atoms with Crippen molar-refractivity contribution in [2.75, 3.05) is 0 Å². The zero-order valence-electron chi connectivity index (χ0n) is 3.10. The maximum Gasteiger partial charge on any atom is 1.00 e. The Labute approximate surface area is 55.2 Å². The summed E-state index contributed by atoms with van der Waals surface area (Å²) in [6.45, 7) is 0. The Kier molecular flexibility index (Phi) is 5.42. The number of hydrogen-bond acceptors (Lipinski definition) is 3. The van der Waals surface area contributed by atoms with Crippen LogP contribution in [0.15, 0.2) is 0 Å². The van der Waals surface area contributed by atoms with Crippen molar-refractivity contribution in [1.29, 1.82) is 0 Å². The van der Waals surface area contributed by atoms with E-state index in [9.17, 15) is 4.79 Å². The molecule has 0 aliphatic heterocycles. The molecule has 0 spiro atoms. The molecular weight excluding hydrogens is 194 g/mol. The average molecular weight is 196 g/mol. The minimum Gasteiger partial charge on any atom is -0.540 e. The van der Waals surface area contributed by atoms with Crippen LogP contribution in [0.1, 0.15) is 0 Å². The van der Waals surface area contributed by atoms with E-state index in [0.717, 1.165) is 0 Å². The van der Waals surface area contributed by atoms with Crippen molar-refractivity contribution in [2.45, 2.75) is 0 Å². The number of aliphatic carboxylic acids is 1. The van der Waals surface area contributed by atoms with Crippen LogP contribution in [0.25, 0.3) is 0 Å². The molecule has 0 atom stereocenters. The number of rotatable bonds is 0. The Balaban J connectivity index is 0. The van der Waals surface area contributed by atoms with Gasteiger partial charge in [-0.25, -0.2) is 0 Å². The third-order valence-corrected chi connectivity index (χ3v) is 0.201. The molecule has 44 valence electrons. The van der Waals surface area contributed by atoms with Crippen LogP contribution >= 0.6 is 0 Å². The summed E-state index contributed by atoms with van der Waals surface area (Å²) < 4.78 is 0. The van der Waals surface area contributed by atoms with Gasteiger partial charge in [0.15, 0.2) is 0 Å². The van der Waals surface area contributed by atoms with Crippen molar-refractivity contribution in [3.8, 4) is 0 Å². The van der Waals surface area contributed by atoms with Crippen LogP contribution in [0.4, 0.5) is 0 Å². The van der Waals surface area contributed by atoms with Crippen LogP contribution in [0, 0.1) is 0 Å². The van der Waals surface area contributed by atoms with Gasteiger partial charge in [-0.05, 0) is 0 Å². The summed E-state index contributed by atoms with van der Waals surface area (Å²) in [5.41, 5.74) is 4.13. The minimum absolute atomic E-state index is 0. The van der Waals surface area contributed by atoms with Crippen LogP contribution in [0.3, 0.4) is 0 Å². The second-order valence-electron chi connectivity index (χ2n) is 0.652. The number of primary amides is 1. The predicted octanol–water partition coefficient (Wildman–Crippen LogP) is -2.78. The molecule has 2 N–H and O–H groups in total. The second kappa shape index (κ2) is 3.86. The number of nitrogens with two attached hydrogens (primary N) is 1. The van der Waals surface area contributed by atoms with Crippen molar-refractivity contribution < 1.29 is 37.1 Å². The number of amides is 1. The Hall–Kier alpha value is -0.320. The number of carbonyl (C=O) groups excluding carboxylic acids is 2. The van der Waals surface area contributed by atoms with Crippen molar-refractivity contribution >= 4 is 11.9 Å². The van der Waals surface area contributed by atoms with Gasteiger partial charge in [0.2, 0.25) is 0 Å². The van der Waals surface area contributed by atoms with Gasteiger partial charge < -0.3 is 15.6 Å². The van der Waals surface area contributed by atoms with E-state index in [1.54, 1.807) is 0 Å². The summed E-state index contributed by atoms with van der Waals surface area (Å²) in [6, 6.07) is 0. The molecule has 0 fully saturated rings. The maximum absolute atomic E-state index is 9.26. The van der Waals surface area contributed by atoms with Crippen molar-refractivity contribution in [3.63, 3.8) is 0 Å². The van der Waals surface area contributed by atoms with Gasteiger partial charge in [-0.15, -0.1) is 0 Å². The quantitative estimate of drug-likeness (QED) is 0.336. The molecule has 1 amide bonds. The van der Waals surface area contributed by atoms with Crippen molar-refractivity contribution in [1.82, 2.24) is 0 Å². The van der Waals surface area contributed by atoms with Crippen molar-refractivity contribution in [2.24, 2.45) is 5.73 Å². The second-order valence-corrected chi connectivity index (χ2v) is 0.652. The molecule has 0 aromatic heterocycles. The van der Waals surface area contributed by atoms with Crippen LogP contribution in [-0.4, -0.2) is 11.9 Å². The molecule has 0 aliphatic rings. The zero-order valence-corrected chi connectivity index (χ0v) is 4.59. The van der Waals surface area contributed by atoms with Gasteiger partial charge in [0.05, 0.1) is 0 Å². The van der Waals surface area contributed by atoms with Gasteiger partial charge in [0.25, 0.3) is 5.91 Å². The topological polar surface area (TPSA) is 83.2 Å². The largest absolute Gasteiger partial charge is 1.00 e. The first-order chi connectivity index (χ1) is 2.64. The van der Waals surface area contributed by atoms with Gasteiger partial charge >= 0.3 is 22.4 Å². The fourth-order valence-electron chi connectivity index (χ4n) is 0. The summed E-state index contributed by atoms with van der Waals surface area (Å²) in [5, 5.41) is 9.11. The van der Waals surface area contributed by atoms with E-state index in [2.05, 4.69) is 5.73 Å². The molecule has 5 heteroatoms. The van der Waals surface area contributed by atoms with Crippen molar-refractivity contribution in [3.05, 3.63) is 0 Å². The van der Waals surface area contributed by atoms with Crippen LogP contribution in [0.2, 0.25) is 0 Å². The molecule has 0 saturated carbocycles. The van der Waals surface area contributed by atoms with Gasteiger partial charge in [0, 0.05) is 0 Å². The molecule has 0 saturated heterocycles. The normalized spacial score (nSPS) is 6.29. The Bertz CT molecular complexity index is 78.9. The first-order valence-electron chi connectivity index (χ1n) is 1.15. The summed E-state index contributed by atoms with van der Waals surface area (Å²) >= 11 is 0. The van der Waals surface area contributed by atoms with Gasteiger partial charge in [0.1, 0.15) is 5.97 Å². The number of carboxylic acids is 1. The molecule has 0 aromatic rings. The molecule has 0 unspecified atom stereocenters. The molecule has 0 heterocycles. The summed E-state index contributed by atoms with van der Waals surface area (Å²) in [5.74, 6) is -3.29. The van der Waals surface area contributed by atoms with Crippen LogP contribution in [-0.2, 0) is 32.0 Å². The van der Waals surface area contributed by atoms with E-state index >= 15 is 0 Å². The zero-order chi connectivity index (χ0) is 5.15. The summed E-state index contributed by atoms with van der Waals surface area (Å²) in [7, 11) is 0. The van der Waals surface area contributed by atoms with E-state index in [4.69, 9.17) is 9.90 Å². The fourth-order valence-corrected chi connectivity index (χ4v) is 0. The monoisotopic (exact) mass is 195 g/mol. The number of carboxylic acid groups (broad SMARTS) is 1. The van der Waals surface area contributed by atoms with Gasteiger partial charge in [-0.1, -0.05) is 0 Å². The standard InChI is InChI=1S/C2H3NO3.Ag/c3-1(4)2(5)6;/h(H2,3,4)(H,5,6);/q;+1/p-1. The number of hydrogen-bond donors (Lipinski definition) is 1. The van der Waals surface area contributed by atoms with Crippen LogP contribution < -0.4 is 10.8 Å². The fraction of sp³-hybridized carbons (Fsp3) is 0. The van der Waals surface area contributed by atoms with E-state index < -0.39 is 11.9 Å². The maximum atomic E-state index is 9.26. The third kappa shape index (κ3) is 5.68. The minimum atomic E-state index is -1.85. The first-order valence-corrected chi connectivity index (χ1v) is 1.15. The molecule has 7 heavy (non-hydrogen) atoms. The molecule has 4 nitrogen and oxygen atoms in total. The molecule has 0 aliphatic carbocycles. The van der Waals surface area contributed by atoms with Gasteiger partial charge in [-0.3, -0.25) is 4.79 Å².